The molecule has 7 heteroatoms. The topological polar surface area (TPSA) is 75.4 Å². The minimum atomic E-state index is -3.39. The van der Waals surface area contributed by atoms with Crippen molar-refractivity contribution in [1.82, 2.24) is 9.03 Å². The molecule has 94 valence electrons. The second-order valence-electron chi connectivity index (χ2n) is 4.42. The van der Waals surface area contributed by atoms with E-state index in [1.807, 2.05) is 13.8 Å². The van der Waals surface area contributed by atoms with Crippen molar-refractivity contribution >= 4 is 22.6 Å². The van der Waals surface area contributed by atoms with Crippen LogP contribution in [0.3, 0.4) is 0 Å². The lowest BCUT2D eigenvalue weighted by atomic mass is 10.1. The summed E-state index contributed by atoms with van der Waals surface area (Å²) in [5.41, 5.74) is 5.14. The first-order valence-electron chi connectivity index (χ1n) is 4.58. The predicted octanol–water partition coefficient (Wildman–Crippen LogP) is 0.320. The molecule has 0 aliphatic rings. The van der Waals surface area contributed by atoms with Crippen LogP contribution < -0.4 is 10.5 Å². The van der Waals surface area contributed by atoms with E-state index >= 15 is 0 Å². The fourth-order valence-corrected chi connectivity index (χ4v) is 1.97. The molecule has 0 atom stereocenters. The highest BCUT2D eigenvalue weighted by atomic mass is 35.5. The highest BCUT2D eigenvalue weighted by Crippen LogP contribution is 2.02. The summed E-state index contributed by atoms with van der Waals surface area (Å²) in [6.07, 6.45) is 0. The summed E-state index contributed by atoms with van der Waals surface area (Å²) in [7, 11) is -1.85. The average Bonchev–Trinajstić information content (AvgIpc) is 1.98. The molecule has 0 saturated heterocycles. The molecular weight excluding hydrogens is 238 g/mol. The fourth-order valence-electron chi connectivity index (χ4n) is 0.657. The van der Waals surface area contributed by atoms with E-state index in [1.54, 1.807) is 13.8 Å². The van der Waals surface area contributed by atoms with Gasteiger partial charge in [-0.15, -0.1) is 12.4 Å². The Morgan fingerprint density at radius 1 is 1.40 bits per heavy atom. The van der Waals surface area contributed by atoms with Gasteiger partial charge < -0.3 is 5.73 Å². The van der Waals surface area contributed by atoms with E-state index in [4.69, 9.17) is 5.73 Å². The number of halogens is 1. The lowest BCUT2D eigenvalue weighted by Gasteiger charge is -2.24. The number of hydrogen-bond donors (Lipinski definition) is 2. The zero-order chi connectivity index (χ0) is 11.6. The third-order valence-corrected chi connectivity index (χ3v) is 3.51. The highest BCUT2D eigenvalue weighted by Gasteiger charge is 2.22. The van der Waals surface area contributed by atoms with Crippen molar-refractivity contribution in [2.45, 2.75) is 39.3 Å². The second kappa shape index (κ2) is 6.00. The van der Waals surface area contributed by atoms with Crippen LogP contribution in [-0.4, -0.2) is 37.9 Å². The first kappa shape index (κ1) is 17.5. The summed E-state index contributed by atoms with van der Waals surface area (Å²) in [4.78, 5) is 0. The summed E-state index contributed by atoms with van der Waals surface area (Å²) < 4.78 is 26.9. The molecule has 0 heterocycles. The number of hydrogen-bond acceptors (Lipinski definition) is 3. The second-order valence-corrected chi connectivity index (χ2v) is 6.24. The van der Waals surface area contributed by atoms with Gasteiger partial charge in [0, 0.05) is 25.2 Å². The molecule has 0 radical (unpaired) electrons. The van der Waals surface area contributed by atoms with Crippen LogP contribution in [0, 0.1) is 0 Å². The molecule has 0 bridgehead atoms. The first-order valence-corrected chi connectivity index (χ1v) is 6.02. The normalized spacial score (nSPS) is 13.1. The maximum atomic E-state index is 11.6. The number of rotatable bonds is 5. The van der Waals surface area contributed by atoms with Gasteiger partial charge in [0.2, 0.25) is 0 Å². The molecular formula is C8H22ClN3O2S. The molecule has 3 N–H and O–H groups in total. The average molecular weight is 260 g/mol. The van der Waals surface area contributed by atoms with Crippen molar-refractivity contribution in [3.8, 4) is 0 Å². The van der Waals surface area contributed by atoms with Crippen molar-refractivity contribution < 1.29 is 8.42 Å². The Balaban J connectivity index is 0. The molecule has 5 nitrogen and oxygen atoms in total. The molecule has 0 aromatic rings. The predicted molar refractivity (Wildman–Crippen MR) is 65.3 cm³/mol. The Morgan fingerprint density at radius 3 is 2.07 bits per heavy atom. The van der Waals surface area contributed by atoms with Gasteiger partial charge in [0.25, 0.3) is 10.2 Å². The van der Waals surface area contributed by atoms with E-state index in [0.717, 1.165) is 0 Å². The Bertz CT molecular complexity index is 272. The molecule has 0 amide bonds. The summed E-state index contributed by atoms with van der Waals surface area (Å²) in [6, 6.07) is -0.0617. The van der Waals surface area contributed by atoms with Gasteiger partial charge in [-0.05, 0) is 27.7 Å². The quantitative estimate of drug-likeness (QED) is 0.747. The van der Waals surface area contributed by atoms with Gasteiger partial charge in [0.05, 0.1) is 0 Å². The largest absolute Gasteiger partial charge is 0.324 e. The third-order valence-electron chi connectivity index (χ3n) is 1.82. The summed E-state index contributed by atoms with van der Waals surface area (Å²) in [5.74, 6) is 0. The van der Waals surface area contributed by atoms with E-state index < -0.39 is 15.7 Å². The summed E-state index contributed by atoms with van der Waals surface area (Å²) in [5, 5.41) is 0. The monoisotopic (exact) mass is 259 g/mol. The molecule has 0 spiro atoms. The van der Waals surface area contributed by atoms with Crippen molar-refractivity contribution in [2.24, 2.45) is 5.73 Å². The Morgan fingerprint density at radius 2 is 1.80 bits per heavy atom. The lowest BCUT2D eigenvalue weighted by Crippen LogP contribution is -2.50. The zero-order valence-electron chi connectivity index (χ0n) is 9.94. The summed E-state index contributed by atoms with van der Waals surface area (Å²) in [6.45, 7) is 7.39. The molecule has 0 rings (SSSR count). The molecule has 15 heavy (non-hydrogen) atoms. The zero-order valence-corrected chi connectivity index (χ0v) is 11.6. The standard InChI is InChI=1S/C8H21N3O2S.ClH/c1-7(2)11(5)14(12,13)10-6-8(3,4)9;/h7,10H,6,9H2,1-5H3;1H. The number of nitrogens with two attached hydrogens (primary N) is 1. The molecule has 0 aliphatic carbocycles. The van der Waals surface area contributed by atoms with Crippen molar-refractivity contribution in [2.75, 3.05) is 13.6 Å². The van der Waals surface area contributed by atoms with Gasteiger partial charge in [-0.1, -0.05) is 0 Å². The fraction of sp³-hybridized carbons (Fsp3) is 1.00. The molecule has 0 aliphatic heterocycles. The van der Waals surface area contributed by atoms with Crippen LogP contribution in [0.1, 0.15) is 27.7 Å². The van der Waals surface area contributed by atoms with Crippen LogP contribution in [0.5, 0.6) is 0 Å². The van der Waals surface area contributed by atoms with Crippen molar-refractivity contribution in [3.63, 3.8) is 0 Å². The Hall–Kier alpha value is 0.120. The van der Waals surface area contributed by atoms with E-state index in [1.165, 1.54) is 11.4 Å². The van der Waals surface area contributed by atoms with Gasteiger partial charge in [-0.3, -0.25) is 0 Å². The van der Waals surface area contributed by atoms with Crippen LogP contribution in [-0.2, 0) is 10.2 Å². The third kappa shape index (κ3) is 7.08. The lowest BCUT2D eigenvalue weighted by molar-refractivity contribution is 0.394. The first-order chi connectivity index (χ1) is 6.06. The molecule has 0 aromatic carbocycles. The molecule has 0 saturated carbocycles. The number of nitrogens with zero attached hydrogens (tertiary/aromatic N) is 1. The highest BCUT2D eigenvalue weighted by molar-refractivity contribution is 7.87. The van der Waals surface area contributed by atoms with Gasteiger partial charge in [0.15, 0.2) is 0 Å². The maximum absolute atomic E-state index is 11.6. The maximum Gasteiger partial charge on any atom is 0.279 e. The SMILES string of the molecule is CC(C)N(C)S(=O)(=O)NCC(C)(C)N.Cl. The van der Waals surface area contributed by atoms with E-state index in [9.17, 15) is 8.42 Å². The minimum absolute atomic E-state index is 0. The van der Waals surface area contributed by atoms with Gasteiger partial charge in [0.1, 0.15) is 0 Å². The van der Waals surface area contributed by atoms with Crippen LogP contribution in [0.4, 0.5) is 0 Å². The van der Waals surface area contributed by atoms with Crippen LogP contribution >= 0.6 is 12.4 Å². The smallest absolute Gasteiger partial charge is 0.279 e. The van der Waals surface area contributed by atoms with Crippen molar-refractivity contribution in [3.05, 3.63) is 0 Å². The molecule has 0 aromatic heterocycles. The summed E-state index contributed by atoms with van der Waals surface area (Å²) >= 11 is 0. The Labute approximate surface area is 99.0 Å². The van der Waals surface area contributed by atoms with Gasteiger partial charge >= 0.3 is 0 Å². The van der Waals surface area contributed by atoms with Crippen LogP contribution in [0.2, 0.25) is 0 Å². The van der Waals surface area contributed by atoms with E-state index in [2.05, 4.69) is 4.72 Å². The van der Waals surface area contributed by atoms with Crippen molar-refractivity contribution in [1.29, 1.82) is 0 Å². The molecule has 0 unspecified atom stereocenters. The minimum Gasteiger partial charge on any atom is -0.324 e. The van der Waals surface area contributed by atoms with Crippen LogP contribution in [0.15, 0.2) is 0 Å². The van der Waals surface area contributed by atoms with Gasteiger partial charge in [-0.2, -0.15) is 12.7 Å². The van der Waals surface area contributed by atoms with Gasteiger partial charge in [-0.25, -0.2) is 4.72 Å². The van der Waals surface area contributed by atoms with E-state index in [-0.39, 0.29) is 25.0 Å². The molecule has 0 fully saturated rings. The van der Waals surface area contributed by atoms with E-state index in [0.29, 0.717) is 0 Å². The number of nitrogens with one attached hydrogen (secondary N) is 1. The Kier molecular flexibility index (Phi) is 7.01. The van der Waals surface area contributed by atoms with Crippen LogP contribution in [0.25, 0.3) is 0 Å².